The van der Waals surface area contributed by atoms with E-state index in [0.717, 1.165) is 39.9 Å². The summed E-state index contributed by atoms with van der Waals surface area (Å²) in [6.07, 6.45) is 2.46. The van der Waals surface area contributed by atoms with Gasteiger partial charge >= 0.3 is 0 Å². The van der Waals surface area contributed by atoms with Gasteiger partial charge in [0.2, 0.25) is 5.78 Å². The van der Waals surface area contributed by atoms with Crippen molar-refractivity contribution < 1.29 is 4.79 Å². The third-order valence-corrected chi connectivity index (χ3v) is 5.22. The molecule has 0 saturated carbocycles. The molecule has 4 N–H and O–H groups in total. The summed E-state index contributed by atoms with van der Waals surface area (Å²) in [7, 11) is 0. The summed E-state index contributed by atoms with van der Waals surface area (Å²) in [5, 5.41) is 5.36. The van der Waals surface area contributed by atoms with Crippen LogP contribution in [0.2, 0.25) is 0 Å². The number of imidazole rings is 1. The number of nitrogen functional groups attached to an aromatic ring is 1. The van der Waals surface area contributed by atoms with Gasteiger partial charge in [-0.2, -0.15) is 5.10 Å². The maximum atomic E-state index is 13.1. The molecule has 2 aromatic carbocycles. The maximum Gasteiger partial charge on any atom is 0.214 e. The van der Waals surface area contributed by atoms with Gasteiger partial charge in [0.1, 0.15) is 11.6 Å². The monoisotopic (exact) mass is 384 g/mol. The molecule has 29 heavy (non-hydrogen) atoms. The zero-order valence-corrected chi connectivity index (χ0v) is 16.2. The largest absolute Gasteiger partial charge is 0.383 e. The van der Waals surface area contributed by atoms with E-state index in [2.05, 4.69) is 39.1 Å². The standard InChI is InChI=1S/C22H20N6O/c1-3-13-4-6-17-14(8-13)9-20(27-17)21(29)16-11-24-28(22(16)23)15-5-7-18-19(10-15)26-12(2)25-18/h4-11,27H,3,23H2,1-2H3,(H,25,26). The van der Waals surface area contributed by atoms with Gasteiger partial charge in [-0.1, -0.05) is 13.0 Å². The number of rotatable bonds is 4. The first-order valence-electron chi connectivity index (χ1n) is 9.50. The molecule has 0 aliphatic rings. The number of fused-ring (bicyclic) bond motifs is 2. The Morgan fingerprint density at radius 2 is 1.93 bits per heavy atom. The number of aromatic nitrogens is 5. The first-order valence-corrected chi connectivity index (χ1v) is 9.50. The molecule has 0 bridgehead atoms. The van der Waals surface area contributed by atoms with Gasteiger partial charge in [0, 0.05) is 10.9 Å². The molecule has 0 aliphatic heterocycles. The molecule has 0 fully saturated rings. The molecule has 0 amide bonds. The van der Waals surface area contributed by atoms with E-state index in [4.69, 9.17) is 5.73 Å². The van der Waals surface area contributed by atoms with Crippen LogP contribution in [0.15, 0.2) is 48.7 Å². The second-order valence-corrected chi connectivity index (χ2v) is 7.17. The molecule has 5 aromatic rings. The van der Waals surface area contributed by atoms with Crippen LogP contribution in [0.4, 0.5) is 5.82 Å². The Bertz CT molecular complexity index is 1390. The van der Waals surface area contributed by atoms with Crippen LogP contribution in [0.3, 0.4) is 0 Å². The van der Waals surface area contributed by atoms with E-state index >= 15 is 0 Å². The molecular formula is C22H20N6O. The van der Waals surface area contributed by atoms with Gasteiger partial charge in [0.15, 0.2) is 0 Å². The van der Waals surface area contributed by atoms with Crippen molar-refractivity contribution in [2.24, 2.45) is 0 Å². The van der Waals surface area contributed by atoms with Gasteiger partial charge in [-0.3, -0.25) is 4.79 Å². The van der Waals surface area contributed by atoms with Gasteiger partial charge in [0.05, 0.1) is 34.2 Å². The molecule has 0 radical (unpaired) electrons. The summed E-state index contributed by atoms with van der Waals surface area (Å²) >= 11 is 0. The van der Waals surface area contributed by atoms with Crippen molar-refractivity contribution in [3.8, 4) is 5.69 Å². The van der Waals surface area contributed by atoms with Crippen LogP contribution in [0.1, 0.15) is 34.4 Å². The molecule has 0 atom stereocenters. The fraction of sp³-hybridized carbons (Fsp3) is 0.136. The second-order valence-electron chi connectivity index (χ2n) is 7.17. The normalized spacial score (nSPS) is 11.5. The lowest BCUT2D eigenvalue weighted by molar-refractivity contribution is 0.103. The summed E-state index contributed by atoms with van der Waals surface area (Å²) in [6, 6.07) is 13.7. The van der Waals surface area contributed by atoms with E-state index in [9.17, 15) is 4.79 Å². The van der Waals surface area contributed by atoms with Gasteiger partial charge in [-0.25, -0.2) is 9.67 Å². The van der Waals surface area contributed by atoms with Crippen molar-refractivity contribution >= 4 is 33.5 Å². The van der Waals surface area contributed by atoms with Crippen molar-refractivity contribution in [1.82, 2.24) is 24.7 Å². The minimum absolute atomic E-state index is 0.181. The van der Waals surface area contributed by atoms with E-state index in [0.29, 0.717) is 17.1 Å². The Morgan fingerprint density at radius 3 is 2.76 bits per heavy atom. The van der Waals surface area contributed by atoms with Crippen molar-refractivity contribution in [1.29, 1.82) is 0 Å². The summed E-state index contributed by atoms with van der Waals surface area (Å²) in [5.41, 5.74) is 11.8. The highest BCUT2D eigenvalue weighted by Gasteiger charge is 2.20. The quantitative estimate of drug-likeness (QED) is 0.408. The van der Waals surface area contributed by atoms with Crippen LogP contribution < -0.4 is 5.73 Å². The summed E-state index contributed by atoms with van der Waals surface area (Å²) in [5.74, 6) is 0.959. The lowest BCUT2D eigenvalue weighted by Gasteiger charge is -2.05. The number of anilines is 1. The highest BCUT2D eigenvalue weighted by atomic mass is 16.1. The molecule has 0 saturated heterocycles. The first kappa shape index (κ1) is 17.2. The Labute approximate surface area is 166 Å². The molecule has 0 aliphatic carbocycles. The zero-order valence-electron chi connectivity index (χ0n) is 16.2. The number of hydrogen-bond acceptors (Lipinski definition) is 4. The number of aromatic amines is 2. The first-order chi connectivity index (χ1) is 14.0. The number of nitrogens with one attached hydrogen (secondary N) is 2. The Morgan fingerprint density at radius 1 is 1.10 bits per heavy atom. The van der Waals surface area contributed by atoms with Crippen molar-refractivity contribution in [2.75, 3.05) is 5.73 Å². The fourth-order valence-corrected chi connectivity index (χ4v) is 3.66. The predicted molar refractivity (Wildman–Crippen MR) is 113 cm³/mol. The number of aryl methyl sites for hydroxylation is 2. The van der Waals surface area contributed by atoms with Crippen LogP contribution in [0.25, 0.3) is 27.6 Å². The number of hydrogen-bond donors (Lipinski definition) is 3. The van der Waals surface area contributed by atoms with Gasteiger partial charge < -0.3 is 15.7 Å². The van der Waals surface area contributed by atoms with E-state index in [-0.39, 0.29) is 5.78 Å². The third kappa shape index (κ3) is 2.79. The second kappa shape index (κ2) is 6.34. The molecule has 3 heterocycles. The van der Waals surface area contributed by atoms with Crippen molar-refractivity contribution in [2.45, 2.75) is 20.3 Å². The number of ketones is 1. The molecular weight excluding hydrogens is 364 g/mol. The van der Waals surface area contributed by atoms with Crippen molar-refractivity contribution in [3.05, 3.63) is 71.3 Å². The molecule has 144 valence electrons. The highest BCUT2D eigenvalue weighted by Crippen LogP contribution is 2.24. The highest BCUT2D eigenvalue weighted by molar-refractivity contribution is 6.12. The molecule has 5 rings (SSSR count). The molecule has 7 heteroatoms. The van der Waals surface area contributed by atoms with Crippen LogP contribution in [0.5, 0.6) is 0 Å². The number of benzene rings is 2. The van der Waals surface area contributed by atoms with Crippen molar-refractivity contribution in [3.63, 3.8) is 0 Å². The third-order valence-electron chi connectivity index (χ3n) is 5.22. The predicted octanol–water partition coefficient (Wildman–Crippen LogP) is 3.91. The Hall–Kier alpha value is -3.87. The van der Waals surface area contributed by atoms with E-state index < -0.39 is 0 Å². The van der Waals surface area contributed by atoms with Gasteiger partial charge in [-0.05, 0) is 55.3 Å². The fourth-order valence-electron chi connectivity index (χ4n) is 3.66. The van der Waals surface area contributed by atoms with E-state index in [1.807, 2.05) is 37.3 Å². The minimum atomic E-state index is -0.181. The molecule has 0 unspecified atom stereocenters. The van der Waals surface area contributed by atoms with Crippen LogP contribution in [-0.2, 0) is 6.42 Å². The van der Waals surface area contributed by atoms with E-state index in [1.54, 1.807) is 4.68 Å². The number of carbonyl (C=O) groups is 1. The number of H-pyrrole nitrogens is 2. The molecule has 0 spiro atoms. The summed E-state index contributed by atoms with van der Waals surface area (Å²) in [4.78, 5) is 23.9. The molecule has 3 aromatic heterocycles. The maximum absolute atomic E-state index is 13.1. The lowest BCUT2D eigenvalue weighted by atomic mass is 10.1. The van der Waals surface area contributed by atoms with E-state index in [1.165, 1.54) is 11.8 Å². The number of nitrogens with two attached hydrogens (primary N) is 1. The Kier molecular flexibility index (Phi) is 3.77. The number of nitrogens with zero attached hydrogens (tertiary/aromatic N) is 3. The SMILES string of the molecule is CCc1ccc2[nH]c(C(=O)c3cnn(-c4ccc5[nH]c(C)nc5c4)c3N)cc2c1. The smallest absolute Gasteiger partial charge is 0.214 e. The van der Waals surface area contributed by atoms with Gasteiger partial charge in [0.25, 0.3) is 0 Å². The van der Waals surface area contributed by atoms with Gasteiger partial charge in [-0.15, -0.1) is 0 Å². The average Bonchev–Trinajstić information content (AvgIpc) is 3.41. The zero-order chi connectivity index (χ0) is 20.1. The summed E-state index contributed by atoms with van der Waals surface area (Å²) in [6.45, 7) is 4.01. The van der Waals surface area contributed by atoms with Crippen LogP contribution in [0, 0.1) is 6.92 Å². The molecule has 7 nitrogen and oxygen atoms in total. The van der Waals surface area contributed by atoms with Crippen LogP contribution >= 0.6 is 0 Å². The van der Waals surface area contributed by atoms with Crippen LogP contribution in [-0.4, -0.2) is 30.5 Å². The Balaban J connectivity index is 1.53. The lowest BCUT2D eigenvalue weighted by Crippen LogP contribution is -2.07. The minimum Gasteiger partial charge on any atom is -0.383 e. The summed E-state index contributed by atoms with van der Waals surface area (Å²) < 4.78 is 1.56. The topological polar surface area (TPSA) is 105 Å². The average molecular weight is 384 g/mol. The number of carbonyl (C=O) groups excluding carboxylic acids is 1.